The van der Waals surface area contributed by atoms with Gasteiger partial charge in [0.05, 0.1) is 0 Å². The van der Waals surface area contributed by atoms with Crippen molar-refractivity contribution in [1.82, 2.24) is 9.97 Å². The average Bonchev–Trinajstić information content (AvgIpc) is 3.00. The molecule has 2 rings (SSSR count). The summed E-state index contributed by atoms with van der Waals surface area (Å²) in [7, 11) is 0. The molecule has 0 radical (unpaired) electrons. The second kappa shape index (κ2) is 15.6. The molecule has 2 aromatic rings. The van der Waals surface area contributed by atoms with E-state index in [9.17, 15) is 74.6 Å². The summed E-state index contributed by atoms with van der Waals surface area (Å²) in [5.41, 5.74) is 1.04. The van der Waals surface area contributed by atoms with E-state index in [1.165, 1.54) is 31.7 Å². The van der Waals surface area contributed by atoms with Crippen LogP contribution in [0.25, 0.3) is 11.4 Å². The number of aromatic nitrogens is 2. The Bertz CT molecular complexity index is 1350. The Kier molecular flexibility index (Phi) is 13.5. The monoisotopic (exact) mass is 760 g/mol. The molecule has 0 N–H and O–H groups in total. The van der Waals surface area contributed by atoms with E-state index in [0.29, 0.717) is 6.42 Å². The molecule has 0 saturated heterocycles. The summed E-state index contributed by atoms with van der Waals surface area (Å²) in [5.74, 6) is -40.3. The summed E-state index contributed by atoms with van der Waals surface area (Å²) < 4.78 is 232. The van der Waals surface area contributed by atoms with Crippen molar-refractivity contribution in [2.75, 3.05) is 6.61 Å². The van der Waals surface area contributed by atoms with Gasteiger partial charge in [0.25, 0.3) is 0 Å². The number of ether oxygens (including phenoxy) is 2. The smallest absolute Gasteiger partial charge is 0.460 e. The molecule has 0 spiro atoms. The van der Waals surface area contributed by atoms with Crippen LogP contribution in [-0.2, 0) is 11.2 Å². The van der Waals surface area contributed by atoms with Crippen molar-refractivity contribution < 1.29 is 84.1 Å². The summed E-state index contributed by atoms with van der Waals surface area (Å²) in [6.07, 6.45) is -10.1. The fraction of sp³-hybridized carbons (Fsp3) is 0.655. The molecule has 1 aromatic carbocycles. The maximum absolute atomic E-state index is 14.1. The molecule has 0 aliphatic rings. The first-order chi connectivity index (χ1) is 22.7. The summed E-state index contributed by atoms with van der Waals surface area (Å²) >= 11 is 0. The number of alkyl halides is 17. The fourth-order valence-electron chi connectivity index (χ4n) is 4.11. The van der Waals surface area contributed by atoms with E-state index in [-0.39, 0.29) is 11.4 Å². The van der Waals surface area contributed by atoms with Crippen LogP contribution in [0, 0.1) is 0 Å². The Balaban J connectivity index is 2.05. The first kappa shape index (κ1) is 43.0. The standard InChI is InChI=1S/C29H29F17N2O2/c1-2-3-4-5-6-7-8-9-10-18-15-47-21(48-16-18)19-11-13-20(14-12-19)49-17-22(30,31)28(43,44)50-29(45,46)26(38,39)24(34,35)23(32,33)25(36,37)27(40,41)42/h11-16H,2-10,17H2,1H3. The van der Waals surface area contributed by atoms with E-state index in [0.717, 1.165) is 61.9 Å². The van der Waals surface area contributed by atoms with Gasteiger partial charge in [-0.2, -0.15) is 74.6 Å². The summed E-state index contributed by atoms with van der Waals surface area (Å²) in [5, 5.41) is 0. The highest BCUT2D eigenvalue weighted by atomic mass is 19.4. The van der Waals surface area contributed by atoms with E-state index in [2.05, 4.69) is 21.6 Å². The van der Waals surface area contributed by atoms with E-state index < -0.39 is 60.4 Å². The Morgan fingerprint density at radius 1 is 0.540 bits per heavy atom. The summed E-state index contributed by atoms with van der Waals surface area (Å²) in [6.45, 7) is -0.609. The SMILES string of the molecule is CCCCCCCCCCc1cnc(-c2ccc(OCC(F)(F)C(F)(F)OC(F)(F)C(F)(F)C(F)(F)C(F)(F)C(F)(F)C(F)(F)F)cc2)nc1. The van der Waals surface area contributed by atoms with Gasteiger partial charge in [0.2, 0.25) is 0 Å². The molecule has 0 fully saturated rings. The molecule has 21 heteroatoms. The van der Waals surface area contributed by atoms with Crippen molar-refractivity contribution in [2.45, 2.75) is 113 Å². The van der Waals surface area contributed by atoms with Gasteiger partial charge >= 0.3 is 48.0 Å². The van der Waals surface area contributed by atoms with Gasteiger partial charge in [0.15, 0.2) is 12.4 Å². The highest BCUT2D eigenvalue weighted by Gasteiger charge is 2.92. The maximum Gasteiger partial charge on any atom is 0.460 e. The van der Waals surface area contributed by atoms with Gasteiger partial charge in [-0.15, -0.1) is 0 Å². The average molecular weight is 761 g/mol. The molecule has 286 valence electrons. The molecule has 0 unspecified atom stereocenters. The molecule has 0 bridgehead atoms. The maximum atomic E-state index is 14.1. The predicted octanol–water partition coefficient (Wildman–Crippen LogP) is 11.1. The van der Waals surface area contributed by atoms with Gasteiger partial charge in [0, 0.05) is 18.0 Å². The first-order valence-electron chi connectivity index (χ1n) is 14.6. The van der Waals surface area contributed by atoms with Gasteiger partial charge in [-0.25, -0.2) is 14.7 Å². The largest absolute Gasteiger partial charge is 0.487 e. The number of halogens is 17. The zero-order valence-electron chi connectivity index (χ0n) is 25.7. The van der Waals surface area contributed by atoms with Crippen LogP contribution in [0.15, 0.2) is 36.7 Å². The Hall–Kier alpha value is -3.13. The molecule has 0 saturated carbocycles. The van der Waals surface area contributed by atoms with Gasteiger partial charge < -0.3 is 4.74 Å². The molecule has 1 aromatic heterocycles. The third-order valence-corrected chi connectivity index (χ3v) is 7.14. The highest BCUT2D eigenvalue weighted by Crippen LogP contribution is 2.61. The number of rotatable bonds is 20. The Morgan fingerprint density at radius 3 is 1.48 bits per heavy atom. The van der Waals surface area contributed by atoms with Crippen LogP contribution < -0.4 is 4.74 Å². The lowest BCUT2D eigenvalue weighted by molar-refractivity contribution is -0.508. The molecule has 0 aliphatic heterocycles. The number of nitrogens with zero attached hydrogens (tertiary/aromatic N) is 2. The zero-order chi connectivity index (χ0) is 38.5. The minimum atomic E-state index is -8.52. The van der Waals surface area contributed by atoms with Crippen molar-refractivity contribution in [3.05, 3.63) is 42.2 Å². The van der Waals surface area contributed by atoms with Gasteiger partial charge in [-0.1, -0.05) is 51.9 Å². The number of unbranched alkanes of at least 4 members (excludes halogenated alkanes) is 7. The lowest BCUT2D eigenvalue weighted by Crippen LogP contribution is -2.71. The van der Waals surface area contributed by atoms with E-state index in [1.54, 1.807) is 4.74 Å². The van der Waals surface area contributed by atoms with Crippen LogP contribution in [0.3, 0.4) is 0 Å². The van der Waals surface area contributed by atoms with Crippen LogP contribution in [0.2, 0.25) is 0 Å². The van der Waals surface area contributed by atoms with Gasteiger partial charge in [-0.05, 0) is 42.7 Å². The lowest BCUT2D eigenvalue weighted by Gasteiger charge is -2.40. The normalized spacial score (nSPS) is 14.3. The van der Waals surface area contributed by atoms with E-state index in [1.807, 2.05) is 0 Å². The van der Waals surface area contributed by atoms with Crippen LogP contribution in [0.1, 0.15) is 63.9 Å². The lowest BCUT2D eigenvalue weighted by atomic mass is 9.97. The molecule has 1 heterocycles. The van der Waals surface area contributed by atoms with Gasteiger partial charge in [-0.3, -0.25) is 0 Å². The zero-order valence-corrected chi connectivity index (χ0v) is 25.7. The Morgan fingerprint density at radius 2 is 1.00 bits per heavy atom. The summed E-state index contributed by atoms with van der Waals surface area (Å²) in [4.78, 5) is 8.28. The van der Waals surface area contributed by atoms with Crippen molar-refractivity contribution >= 4 is 0 Å². The number of benzene rings is 1. The second-order valence-corrected chi connectivity index (χ2v) is 11.1. The molecule has 0 amide bonds. The van der Waals surface area contributed by atoms with Crippen LogP contribution in [-0.4, -0.2) is 64.6 Å². The molecular formula is C29H29F17N2O2. The van der Waals surface area contributed by atoms with Crippen molar-refractivity contribution in [1.29, 1.82) is 0 Å². The number of hydrogen-bond donors (Lipinski definition) is 0. The van der Waals surface area contributed by atoms with Crippen molar-refractivity contribution in [2.24, 2.45) is 0 Å². The molecule has 4 nitrogen and oxygen atoms in total. The van der Waals surface area contributed by atoms with E-state index >= 15 is 0 Å². The molecule has 0 aliphatic carbocycles. The minimum absolute atomic E-state index is 0.111. The number of aryl methyl sites for hydroxylation is 1. The Labute approximate surface area is 273 Å². The fourth-order valence-corrected chi connectivity index (χ4v) is 4.11. The molecule has 0 atom stereocenters. The third kappa shape index (κ3) is 9.20. The molecular weight excluding hydrogens is 731 g/mol. The highest BCUT2D eigenvalue weighted by molar-refractivity contribution is 5.55. The number of hydrogen-bond acceptors (Lipinski definition) is 4. The second-order valence-electron chi connectivity index (χ2n) is 11.1. The third-order valence-electron chi connectivity index (χ3n) is 7.14. The molecule has 50 heavy (non-hydrogen) atoms. The van der Waals surface area contributed by atoms with E-state index in [4.69, 9.17) is 0 Å². The summed E-state index contributed by atoms with van der Waals surface area (Å²) in [6, 6.07) is 3.91. The van der Waals surface area contributed by atoms with Crippen molar-refractivity contribution in [3.8, 4) is 17.1 Å². The van der Waals surface area contributed by atoms with Crippen LogP contribution in [0.4, 0.5) is 74.6 Å². The quantitative estimate of drug-likeness (QED) is 0.0996. The first-order valence-corrected chi connectivity index (χ1v) is 14.6. The van der Waals surface area contributed by atoms with Crippen molar-refractivity contribution in [3.63, 3.8) is 0 Å². The predicted molar refractivity (Wildman–Crippen MR) is 141 cm³/mol. The topological polar surface area (TPSA) is 44.2 Å². The minimum Gasteiger partial charge on any atom is -0.487 e. The van der Waals surface area contributed by atoms with Crippen LogP contribution >= 0.6 is 0 Å². The van der Waals surface area contributed by atoms with Gasteiger partial charge in [0.1, 0.15) is 5.75 Å². The van der Waals surface area contributed by atoms with Crippen LogP contribution in [0.5, 0.6) is 5.75 Å².